The Labute approximate surface area is 238 Å². The lowest BCUT2D eigenvalue weighted by atomic mass is 9.81. The van der Waals surface area contributed by atoms with Gasteiger partial charge in [0, 0.05) is 50.0 Å². The molecule has 4 heterocycles. The molecule has 3 atom stereocenters. The number of alkyl halides is 5. The molecule has 3 aromatic rings. The van der Waals surface area contributed by atoms with E-state index >= 15 is 0 Å². The Morgan fingerprint density at radius 2 is 2.05 bits per heavy atom. The monoisotopic (exact) mass is 593 g/mol. The van der Waals surface area contributed by atoms with E-state index in [1.165, 1.54) is 21.5 Å². The Morgan fingerprint density at radius 1 is 1.31 bits per heavy atom. The first-order valence-corrected chi connectivity index (χ1v) is 13.9. The van der Waals surface area contributed by atoms with Crippen molar-refractivity contribution in [2.45, 2.75) is 70.1 Å². The van der Waals surface area contributed by atoms with Gasteiger partial charge in [-0.05, 0) is 44.2 Å². The molecule has 0 radical (unpaired) electrons. The van der Waals surface area contributed by atoms with Crippen LogP contribution in [0.2, 0.25) is 0 Å². The molecular weight excluding hydrogens is 561 g/mol. The van der Waals surface area contributed by atoms with Gasteiger partial charge in [-0.15, -0.1) is 0 Å². The molecular formula is C28H32F5N7O2. The molecule has 2 aliphatic rings. The highest BCUT2D eigenvalue weighted by atomic mass is 19.4. The molecule has 1 saturated carbocycles. The molecule has 2 N–H and O–H groups in total. The van der Waals surface area contributed by atoms with Crippen LogP contribution in [0.25, 0.3) is 11.7 Å². The summed E-state index contributed by atoms with van der Waals surface area (Å²) in [5, 5.41) is 14.0. The van der Waals surface area contributed by atoms with Crippen LogP contribution in [-0.4, -0.2) is 54.8 Å². The molecule has 9 nitrogen and oxygen atoms in total. The van der Waals surface area contributed by atoms with Crippen LogP contribution in [-0.2, 0) is 17.8 Å². The van der Waals surface area contributed by atoms with Crippen LogP contribution in [0.5, 0.6) is 0 Å². The molecule has 5 rings (SSSR count). The van der Waals surface area contributed by atoms with Gasteiger partial charge >= 0.3 is 6.18 Å². The van der Waals surface area contributed by atoms with Crippen molar-refractivity contribution >= 4 is 23.5 Å². The topological polar surface area (TPSA) is 106 Å². The fourth-order valence-electron chi connectivity index (χ4n) is 5.86. The first kappa shape index (κ1) is 29.6. The van der Waals surface area contributed by atoms with Gasteiger partial charge in [-0.2, -0.15) is 23.4 Å². The molecule has 2 fully saturated rings. The van der Waals surface area contributed by atoms with E-state index in [1.807, 2.05) is 6.92 Å². The number of imidazole rings is 1. The number of aromatic nitrogens is 5. The van der Waals surface area contributed by atoms with Crippen LogP contribution in [0.4, 0.5) is 22.0 Å². The smallest absolute Gasteiger partial charge is 0.355 e. The summed E-state index contributed by atoms with van der Waals surface area (Å²) >= 11 is 0. The molecule has 2 amide bonds. The lowest BCUT2D eigenvalue weighted by Gasteiger charge is -2.33. The Hall–Kier alpha value is -3.84. The summed E-state index contributed by atoms with van der Waals surface area (Å²) in [5.41, 5.74) is 1.99. The summed E-state index contributed by atoms with van der Waals surface area (Å²) in [7, 11) is 0. The maximum atomic E-state index is 14.0. The van der Waals surface area contributed by atoms with Crippen molar-refractivity contribution in [3.05, 3.63) is 53.8 Å². The Balaban J connectivity index is 1.46. The second-order valence-corrected chi connectivity index (χ2v) is 11.0. The lowest BCUT2D eigenvalue weighted by molar-refractivity contribution is -0.183. The molecule has 1 aliphatic carbocycles. The number of halogens is 5. The van der Waals surface area contributed by atoms with Crippen molar-refractivity contribution < 1.29 is 31.5 Å². The number of hydrogen-bond acceptors (Lipinski definition) is 5. The quantitative estimate of drug-likeness (QED) is 0.367. The molecule has 1 unspecified atom stereocenters. The third-order valence-electron chi connectivity index (χ3n) is 8.25. The molecule has 14 heteroatoms. The predicted octanol–water partition coefficient (Wildman–Crippen LogP) is 4.74. The van der Waals surface area contributed by atoms with Gasteiger partial charge in [-0.1, -0.05) is 12.7 Å². The van der Waals surface area contributed by atoms with Crippen LogP contribution >= 0.6 is 0 Å². The molecule has 226 valence electrons. The summed E-state index contributed by atoms with van der Waals surface area (Å²) in [6.45, 7) is 5.63. The van der Waals surface area contributed by atoms with E-state index in [1.54, 1.807) is 18.3 Å². The number of hydrogen-bond donors (Lipinski definition) is 2. The van der Waals surface area contributed by atoms with Gasteiger partial charge in [-0.3, -0.25) is 14.3 Å². The zero-order valence-corrected chi connectivity index (χ0v) is 23.0. The van der Waals surface area contributed by atoms with Crippen LogP contribution in [0.1, 0.15) is 72.5 Å². The van der Waals surface area contributed by atoms with Crippen molar-refractivity contribution in [1.29, 1.82) is 0 Å². The summed E-state index contributed by atoms with van der Waals surface area (Å²) < 4.78 is 71.1. The van der Waals surface area contributed by atoms with E-state index in [0.29, 0.717) is 34.8 Å². The van der Waals surface area contributed by atoms with E-state index in [4.69, 9.17) is 0 Å². The minimum Gasteiger partial charge on any atom is -0.355 e. The van der Waals surface area contributed by atoms with E-state index in [0.717, 1.165) is 0 Å². The molecule has 0 aromatic carbocycles. The molecule has 3 aromatic heterocycles. The van der Waals surface area contributed by atoms with Crippen LogP contribution in [0.15, 0.2) is 31.1 Å². The fourth-order valence-corrected chi connectivity index (χ4v) is 5.86. The summed E-state index contributed by atoms with van der Waals surface area (Å²) in [4.78, 5) is 30.4. The number of nitrogens with one attached hydrogen (secondary N) is 2. The zero-order valence-electron chi connectivity index (χ0n) is 23.0. The van der Waals surface area contributed by atoms with Gasteiger partial charge in [0.2, 0.25) is 11.8 Å². The number of nitrogens with zero attached hydrogens (tertiary/aromatic N) is 5. The van der Waals surface area contributed by atoms with E-state index in [9.17, 15) is 31.5 Å². The zero-order chi connectivity index (χ0) is 30.2. The van der Waals surface area contributed by atoms with Crippen molar-refractivity contribution in [2.75, 3.05) is 6.54 Å². The Morgan fingerprint density at radius 3 is 2.71 bits per heavy atom. The third kappa shape index (κ3) is 6.16. The molecule has 0 spiro atoms. The fraction of sp³-hybridized carbons (Fsp3) is 0.536. The van der Waals surface area contributed by atoms with Gasteiger partial charge in [-0.25, -0.2) is 18.3 Å². The third-order valence-corrected chi connectivity index (χ3v) is 8.25. The highest BCUT2D eigenvalue weighted by Crippen LogP contribution is 2.41. The molecule has 42 heavy (non-hydrogen) atoms. The first-order chi connectivity index (χ1) is 19.9. The summed E-state index contributed by atoms with van der Waals surface area (Å²) in [6, 6.07) is 2.52. The van der Waals surface area contributed by atoms with Crippen LogP contribution in [0.3, 0.4) is 0 Å². The number of carbonyl (C=O) groups is 2. The number of rotatable bonds is 8. The SMILES string of the molecule is C=Cc1cc2nc(C(NC(=O)c3ccnn3CC)C3CCC(F)(F)CC3)cn2nc1C[C@H]1C[C@@H](C(F)(F)F)CNC1=O. The molecule has 1 saturated heterocycles. The van der Waals surface area contributed by atoms with Gasteiger partial charge < -0.3 is 10.6 Å². The van der Waals surface area contributed by atoms with E-state index in [-0.39, 0.29) is 44.4 Å². The highest BCUT2D eigenvalue weighted by Gasteiger charge is 2.45. The molecule has 0 bridgehead atoms. The largest absolute Gasteiger partial charge is 0.393 e. The average molecular weight is 594 g/mol. The Kier molecular flexibility index (Phi) is 8.08. The summed E-state index contributed by atoms with van der Waals surface area (Å²) in [6.07, 6.45) is -0.512. The maximum Gasteiger partial charge on any atom is 0.393 e. The lowest BCUT2D eigenvalue weighted by Crippen LogP contribution is -2.47. The highest BCUT2D eigenvalue weighted by molar-refractivity contribution is 5.92. The van der Waals surface area contributed by atoms with Crippen LogP contribution < -0.4 is 10.6 Å². The van der Waals surface area contributed by atoms with Gasteiger partial charge in [0.05, 0.1) is 29.5 Å². The van der Waals surface area contributed by atoms with Crippen molar-refractivity contribution in [3.63, 3.8) is 0 Å². The number of piperidine rings is 1. The number of fused-ring (bicyclic) bond motifs is 1. The minimum absolute atomic E-state index is 0.0396. The average Bonchev–Trinajstić information content (AvgIpc) is 3.58. The second kappa shape index (κ2) is 11.4. The van der Waals surface area contributed by atoms with Gasteiger partial charge in [0.25, 0.3) is 5.91 Å². The number of carbonyl (C=O) groups excluding carboxylic acids is 2. The Bertz CT molecular complexity index is 1470. The number of amides is 2. The normalized spacial score (nSPS) is 22.1. The van der Waals surface area contributed by atoms with E-state index in [2.05, 4.69) is 32.4 Å². The second-order valence-electron chi connectivity index (χ2n) is 11.0. The molecule has 1 aliphatic heterocycles. The van der Waals surface area contributed by atoms with Crippen molar-refractivity contribution in [1.82, 2.24) is 35.0 Å². The number of aryl methyl sites for hydroxylation is 1. The van der Waals surface area contributed by atoms with Crippen molar-refractivity contribution in [3.8, 4) is 0 Å². The van der Waals surface area contributed by atoms with E-state index < -0.39 is 48.3 Å². The standard InChI is InChI=1S/C28H32F5N7O2/c1-3-16-13-23-36-21(15-40(23)38-20(16)12-18-11-19(28(31,32)33)14-34-25(18)41)24(17-5-8-27(29,30)9-6-17)37-26(42)22-7-10-35-39(22)4-2/h3,7,10,13,15,17-19,24H,1,4-6,8-9,11-12,14H2,2H3,(H,34,41)(H,37,42)/t18-,19-,24?/m1/s1. The minimum atomic E-state index is -4.43. The van der Waals surface area contributed by atoms with Crippen LogP contribution in [0, 0.1) is 17.8 Å². The first-order valence-electron chi connectivity index (χ1n) is 13.9. The van der Waals surface area contributed by atoms with Gasteiger partial charge in [0.15, 0.2) is 5.65 Å². The predicted molar refractivity (Wildman–Crippen MR) is 142 cm³/mol. The van der Waals surface area contributed by atoms with Crippen molar-refractivity contribution in [2.24, 2.45) is 17.8 Å². The maximum absolute atomic E-state index is 14.0. The van der Waals surface area contributed by atoms with Gasteiger partial charge in [0.1, 0.15) is 5.69 Å². The summed E-state index contributed by atoms with van der Waals surface area (Å²) in [5.74, 6) is -6.56.